The summed E-state index contributed by atoms with van der Waals surface area (Å²) in [5.41, 5.74) is 4.76. The predicted molar refractivity (Wildman–Crippen MR) is 138 cm³/mol. The van der Waals surface area contributed by atoms with Crippen LogP contribution in [-0.4, -0.2) is 37.0 Å². The summed E-state index contributed by atoms with van der Waals surface area (Å²) in [6, 6.07) is 15.3. The van der Waals surface area contributed by atoms with Gasteiger partial charge in [0.05, 0.1) is 5.52 Å². The normalized spacial score (nSPS) is 15.7. The first-order chi connectivity index (χ1) is 17.5. The molecule has 1 amide bonds. The maximum absolute atomic E-state index is 12.6. The summed E-state index contributed by atoms with van der Waals surface area (Å²) >= 11 is 0. The van der Waals surface area contributed by atoms with Gasteiger partial charge in [-0.2, -0.15) is 5.10 Å². The van der Waals surface area contributed by atoms with Crippen LogP contribution in [0.25, 0.3) is 16.6 Å². The van der Waals surface area contributed by atoms with Crippen LogP contribution in [0.5, 0.6) is 11.5 Å². The van der Waals surface area contributed by atoms with Crippen molar-refractivity contribution in [3.63, 3.8) is 0 Å². The Balaban J connectivity index is 1.27. The molecule has 6 rings (SSSR count). The predicted octanol–water partition coefficient (Wildman–Crippen LogP) is 5.06. The molecule has 4 heterocycles. The fourth-order valence-electron chi connectivity index (χ4n) is 4.35. The number of nitrogens with one attached hydrogen (secondary N) is 1. The van der Waals surface area contributed by atoms with Gasteiger partial charge in [0.2, 0.25) is 0 Å². The van der Waals surface area contributed by atoms with Crippen molar-refractivity contribution in [3.05, 3.63) is 85.1 Å². The van der Waals surface area contributed by atoms with Gasteiger partial charge >= 0.3 is 0 Å². The Labute approximate surface area is 207 Å². The van der Waals surface area contributed by atoms with Crippen LogP contribution in [0.1, 0.15) is 12.5 Å². The Kier molecular flexibility index (Phi) is 5.10. The molecule has 9 nitrogen and oxygen atoms in total. The van der Waals surface area contributed by atoms with Crippen molar-refractivity contribution in [2.75, 3.05) is 16.8 Å². The van der Waals surface area contributed by atoms with E-state index >= 15 is 0 Å². The van der Waals surface area contributed by atoms with Crippen molar-refractivity contribution in [1.82, 2.24) is 24.6 Å². The van der Waals surface area contributed by atoms with Crippen LogP contribution in [0, 0.1) is 12.8 Å². The molecule has 178 valence electrons. The molecule has 1 aliphatic heterocycles. The van der Waals surface area contributed by atoms with Crippen LogP contribution >= 0.6 is 0 Å². The fourth-order valence-corrected chi connectivity index (χ4v) is 4.35. The number of benzene rings is 2. The first kappa shape index (κ1) is 21.7. The van der Waals surface area contributed by atoms with Gasteiger partial charge in [-0.25, -0.2) is 19.5 Å². The SMILES string of the molecule is C=C1C(=O)N(c2ccc3ncnc(Nc4ccc(Oc5ccn6ncnc6c5)c(C)c4)c3c2)CC1C. The molecular formula is C27H23N7O2. The average molecular weight is 478 g/mol. The molecule has 2 aromatic carbocycles. The maximum atomic E-state index is 12.6. The monoisotopic (exact) mass is 477 g/mol. The van der Waals surface area contributed by atoms with Crippen LogP contribution in [0.3, 0.4) is 0 Å². The lowest BCUT2D eigenvalue weighted by molar-refractivity contribution is -0.114. The number of fused-ring (bicyclic) bond motifs is 2. The highest BCUT2D eigenvalue weighted by molar-refractivity contribution is 6.09. The number of anilines is 3. The van der Waals surface area contributed by atoms with E-state index in [9.17, 15) is 4.79 Å². The molecule has 1 aliphatic rings. The molecule has 0 radical (unpaired) electrons. The number of nitrogens with zero attached hydrogens (tertiary/aromatic N) is 6. The molecule has 36 heavy (non-hydrogen) atoms. The number of pyridine rings is 1. The number of carbonyl (C=O) groups excluding carboxylic acids is 1. The minimum Gasteiger partial charge on any atom is -0.457 e. The Hall–Kier alpha value is -4.79. The number of aromatic nitrogens is 5. The van der Waals surface area contributed by atoms with Crippen LogP contribution in [0.15, 0.2) is 79.5 Å². The molecular weight excluding hydrogens is 454 g/mol. The summed E-state index contributed by atoms with van der Waals surface area (Å²) in [5.74, 6) is 2.16. The third-order valence-corrected chi connectivity index (χ3v) is 6.42. The van der Waals surface area contributed by atoms with E-state index < -0.39 is 0 Å². The van der Waals surface area contributed by atoms with Gasteiger partial charge in [-0.15, -0.1) is 0 Å². The quantitative estimate of drug-likeness (QED) is 0.354. The molecule has 9 heteroatoms. The van der Waals surface area contributed by atoms with E-state index in [4.69, 9.17) is 4.74 Å². The lowest BCUT2D eigenvalue weighted by Crippen LogP contribution is -2.24. The van der Waals surface area contributed by atoms with Gasteiger partial charge < -0.3 is 15.0 Å². The number of hydrogen-bond acceptors (Lipinski definition) is 7. The second-order valence-corrected chi connectivity index (χ2v) is 8.90. The second-order valence-electron chi connectivity index (χ2n) is 8.90. The minimum atomic E-state index is -0.0393. The van der Waals surface area contributed by atoms with E-state index in [-0.39, 0.29) is 11.8 Å². The van der Waals surface area contributed by atoms with Gasteiger partial charge in [-0.1, -0.05) is 13.5 Å². The molecule has 1 unspecified atom stereocenters. The van der Waals surface area contributed by atoms with Gasteiger partial charge in [-0.05, 0) is 55.0 Å². The number of ether oxygens (including phenoxy) is 1. The largest absolute Gasteiger partial charge is 0.457 e. The van der Waals surface area contributed by atoms with Crippen molar-refractivity contribution in [3.8, 4) is 11.5 Å². The third-order valence-electron chi connectivity index (χ3n) is 6.42. The highest BCUT2D eigenvalue weighted by Gasteiger charge is 2.31. The molecule has 0 spiro atoms. The van der Waals surface area contributed by atoms with E-state index in [0.717, 1.165) is 33.6 Å². The second kappa shape index (κ2) is 8.46. The highest BCUT2D eigenvalue weighted by Crippen LogP contribution is 2.33. The van der Waals surface area contributed by atoms with Crippen molar-refractivity contribution < 1.29 is 9.53 Å². The molecule has 3 aromatic heterocycles. The minimum absolute atomic E-state index is 0.0393. The Morgan fingerprint density at radius 3 is 2.75 bits per heavy atom. The van der Waals surface area contributed by atoms with Gasteiger partial charge in [-0.3, -0.25) is 4.79 Å². The molecule has 1 saturated heterocycles. The van der Waals surface area contributed by atoms with E-state index in [0.29, 0.717) is 29.3 Å². The first-order valence-electron chi connectivity index (χ1n) is 11.6. The van der Waals surface area contributed by atoms with Crippen LogP contribution < -0.4 is 15.0 Å². The topological polar surface area (TPSA) is 97.5 Å². The zero-order valence-corrected chi connectivity index (χ0v) is 19.8. The molecule has 5 aromatic rings. The third kappa shape index (κ3) is 3.80. The van der Waals surface area contributed by atoms with Crippen molar-refractivity contribution >= 4 is 39.6 Å². The number of aryl methyl sites for hydroxylation is 1. The van der Waals surface area contributed by atoms with E-state index in [1.807, 2.05) is 68.6 Å². The van der Waals surface area contributed by atoms with E-state index in [1.54, 1.807) is 9.42 Å². The summed E-state index contributed by atoms with van der Waals surface area (Å²) in [5, 5.41) is 8.33. The molecule has 1 N–H and O–H groups in total. The summed E-state index contributed by atoms with van der Waals surface area (Å²) in [6.45, 7) is 8.55. The zero-order valence-electron chi connectivity index (χ0n) is 19.8. The number of carbonyl (C=O) groups is 1. The number of amides is 1. The number of hydrogen-bond donors (Lipinski definition) is 1. The summed E-state index contributed by atoms with van der Waals surface area (Å²) in [6.07, 6.45) is 4.84. The van der Waals surface area contributed by atoms with Gasteiger partial charge in [0.1, 0.15) is 30.0 Å². The lowest BCUT2D eigenvalue weighted by atomic mass is 10.1. The maximum Gasteiger partial charge on any atom is 0.253 e. The van der Waals surface area contributed by atoms with Crippen molar-refractivity contribution in [2.45, 2.75) is 13.8 Å². The van der Waals surface area contributed by atoms with Crippen molar-refractivity contribution in [1.29, 1.82) is 0 Å². The zero-order chi connectivity index (χ0) is 24.8. The molecule has 1 atom stereocenters. The van der Waals surface area contributed by atoms with Gasteiger partial charge in [0.15, 0.2) is 5.65 Å². The highest BCUT2D eigenvalue weighted by atomic mass is 16.5. The summed E-state index contributed by atoms with van der Waals surface area (Å²) in [7, 11) is 0. The fraction of sp³-hybridized carbons (Fsp3) is 0.148. The molecule has 0 aliphatic carbocycles. The molecule has 0 bridgehead atoms. The van der Waals surface area contributed by atoms with E-state index in [1.165, 1.54) is 12.7 Å². The van der Waals surface area contributed by atoms with E-state index in [2.05, 4.69) is 31.9 Å². The average Bonchev–Trinajstić information content (AvgIpc) is 3.45. The smallest absolute Gasteiger partial charge is 0.253 e. The summed E-state index contributed by atoms with van der Waals surface area (Å²) < 4.78 is 7.76. The molecule has 1 fully saturated rings. The van der Waals surface area contributed by atoms with Crippen LogP contribution in [0.4, 0.5) is 17.2 Å². The lowest BCUT2D eigenvalue weighted by Gasteiger charge is -2.17. The Morgan fingerprint density at radius 1 is 1.06 bits per heavy atom. The number of rotatable bonds is 5. The first-order valence-corrected chi connectivity index (χ1v) is 11.6. The van der Waals surface area contributed by atoms with Crippen LogP contribution in [-0.2, 0) is 4.79 Å². The van der Waals surface area contributed by atoms with Crippen molar-refractivity contribution in [2.24, 2.45) is 5.92 Å². The Morgan fingerprint density at radius 2 is 1.94 bits per heavy atom. The van der Waals surface area contributed by atoms with Gasteiger partial charge in [0.25, 0.3) is 5.91 Å². The Bertz CT molecular complexity index is 1660. The van der Waals surface area contributed by atoms with Crippen LogP contribution in [0.2, 0.25) is 0 Å². The molecule has 0 saturated carbocycles. The standard InChI is InChI=1S/C27H23N7O2/c1-16-10-19(4-7-24(16)36-21-8-9-34-25(12-21)29-15-31-34)32-26-22-11-20(5-6-23(22)28-14-30-26)33-13-17(2)18(3)27(33)35/h4-12,14-15,17H,3,13H2,1-2H3,(H,28,30,32). The van der Waals surface area contributed by atoms with Gasteiger partial charge in [0, 0.05) is 47.1 Å². The summed E-state index contributed by atoms with van der Waals surface area (Å²) in [4.78, 5) is 27.5.